The molecule has 0 saturated carbocycles. The van der Waals surface area contributed by atoms with Crippen LogP contribution in [0, 0.1) is 0 Å². The highest BCUT2D eigenvalue weighted by Crippen LogP contribution is 2.19. The van der Waals surface area contributed by atoms with Crippen LogP contribution in [0.1, 0.15) is 12.8 Å². The largest absolute Gasteiger partial charge is 0.395 e. The van der Waals surface area contributed by atoms with Crippen LogP contribution >= 0.6 is 0 Å². The van der Waals surface area contributed by atoms with Gasteiger partial charge >= 0.3 is 0 Å². The van der Waals surface area contributed by atoms with Gasteiger partial charge in [0, 0.05) is 24.8 Å². The number of rotatable bonds is 6. The summed E-state index contributed by atoms with van der Waals surface area (Å²) in [6.45, 7) is 2.41. The van der Waals surface area contributed by atoms with Gasteiger partial charge in [0.15, 0.2) is 0 Å². The monoisotopic (exact) mass is 299 g/mol. The van der Waals surface area contributed by atoms with Crippen molar-refractivity contribution in [3.8, 4) is 0 Å². The van der Waals surface area contributed by atoms with Crippen molar-refractivity contribution >= 4 is 15.7 Å². The molecule has 1 aromatic carbocycles. The number of nitrogens with zero attached hydrogens (tertiary/aromatic N) is 1. The van der Waals surface area contributed by atoms with Gasteiger partial charge in [-0.05, 0) is 43.7 Å². The second-order valence-corrected chi connectivity index (χ2v) is 6.56. The van der Waals surface area contributed by atoms with Crippen molar-refractivity contribution in [2.24, 2.45) is 5.14 Å². The fraction of sp³-hybridized carbons (Fsp3) is 0.538. The Kier molecular flexibility index (Phi) is 4.98. The summed E-state index contributed by atoms with van der Waals surface area (Å²) in [5.41, 5.74) is 0.889. The van der Waals surface area contributed by atoms with Gasteiger partial charge < -0.3 is 15.3 Å². The van der Waals surface area contributed by atoms with E-state index in [4.69, 9.17) is 5.14 Å². The molecule has 0 radical (unpaired) electrons. The molecule has 6 nitrogen and oxygen atoms in total. The van der Waals surface area contributed by atoms with Crippen LogP contribution in [-0.2, 0) is 10.0 Å². The van der Waals surface area contributed by atoms with E-state index in [9.17, 15) is 13.5 Å². The standard InChI is InChI=1S/C13H21N3O3S/c14-20(18,19)13-5-3-12(4-6-13)16(8-9-17)10-11-2-1-7-15-11/h3-6,11,15,17H,1-2,7-10H2,(H2,14,18,19). The molecule has 2 rings (SSSR count). The van der Waals surface area contributed by atoms with E-state index >= 15 is 0 Å². The molecule has 1 atom stereocenters. The third-order valence-electron chi connectivity index (χ3n) is 3.50. The van der Waals surface area contributed by atoms with E-state index in [2.05, 4.69) is 10.2 Å². The molecule has 0 amide bonds. The van der Waals surface area contributed by atoms with E-state index in [1.165, 1.54) is 18.6 Å². The van der Waals surface area contributed by atoms with Gasteiger partial charge in [-0.15, -0.1) is 0 Å². The Morgan fingerprint density at radius 2 is 2.05 bits per heavy atom. The maximum absolute atomic E-state index is 11.2. The third kappa shape index (κ3) is 3.92. The zero-order valence-corrected chi connectivity index (χ0v) is 12.1. The number of benzene rings is 1. The van der Waals surface area contributed by atoms with E-state index in [-0.39, 0.29) is 11.5 Å². The molecule has 1 aliphatic rings. The van der Waals surface area contributed by atoms with Crippen molar-refractivity contribution in [1.29, 1.82) is 0 Å². The highest BCUT2D eigenvalue weighted by molar-refractivity contribution is 7.89. The third-order valence-corrected chi connectivity index (χ3v) is 4.43. The van der Waals surface area contributed by atoms with E-state index < -0.39 is 10.0 Å². The second kappa shape index (κ2) is 6.53. The van der Waals surface area contributed by atoms with Gasteiger partial charge in [0.1, 0.15) is 0 Å². The zero-order valence-electron chi connectivity index (χ0n) is 11.3. The number of nitrogens with two attached hydrogens (primary N) is 1. The molecule has 1 aliphatic heterocycles. The molecule has 0 bridgehead atoms. The van der Waals surface area contributed by atoms with Crippen molar-refractivity contribution in [3.05, 3.63) is 24.3 Å². The fourth-order valence-electron chi connectivity index (χ4n) is 2.47. The molecule has 1 saturated heterocycles. The number of anilines is 1. The smallest absolute Gasteiger partial charge is 0.238 e. The molecule has 4 N–H and O–H groups in total. The average molecular weight is 299 g/mol. The van der Waals surface area contributed by atoms with Crippen molar-refractivity contribution in [3.63, 3.8) is 0 Å². The van der Waals surface area contributed by atoms with Crippen molar-refractivity contribution in [2.75, 3.05) is 31.1 Å². The van der Waals surface area contributed by atoms with Crippen molar-refractivity contribution in [1.82, 2.24) is 5.32 Å². The molecular formula is C13H21N3O3S. The number of sulfonamides is 1. The maximum Gasteiger partial charge on any atom is 0.238 e. The zero-order chi connectivity index (χ0) is 14.6. The lowest BCUT2D eigenvalue weighted by Crippen LogP contribution is -2.39. The normalized spacial score (nSPS) is 19.2. The van der Waals surface area contributed by atoms with Gasteiger partial charge in [0.05, 0.1) is 11.5 Å². The highest BCUT2D eigenvalue weighted by Gasteiger charge is 2.18. The Bertz CT molecular complexity index is 524. The lowest BCUT2D eigenvalue weighted by molar-refractivity contribution is 0.300. The van der Waals surface area contributed by atoms with E-state index in [1.807, 2.05) is 0 Å². The number of aliphatic hydroxyl groups excluding tert-OH is 1. The Labute approximate surface area is 119 Å². The molecule has 112 valence electrons. The molecule has 7 heteroatoms. The highest BCUT2D eigenvalue weighted by atomic mass is 32.2. The molecule has 1 unspecified atom stereocenters. The summed E-state index contributed by atoms with van der Waals surface area (Å²) >= 11 is 0. The van der Waals surface area contributed by atoms with Gasteiger partial charge in [-0.2, -0.15) is 0 Å². The van der Waals surface area contributed by atoms with Crippen LogP contribution in [0.4, 0.5) is 5.69 Å². The van der Waals surface area contributed by atoms with Crippen LogP contribution in [0.5, 0.6) is 0 Å². The van der Waals surface area contributed by atoms with E-state index in [0.717, 1.165) is 25.2 Å². The van der Waals surface area contributed by atoms with Crippen LogP contribution in [0.15, 0.2) is 29.2 Å². The lowest BCUT2D eigenvalue weighted by Gasteiger charge is -2.27. The van der Waals surface area contributed by atoms with Gasteiger partial charge in [0.2, 0.25) is 10.0 Å². The minimum atomic E-state index is -3.66. The summed E-state index contributed by atoms with van der Waals surface area (Å²) in [5, 5.41) is 17.7. The van der Waals surface area contributed by atoms with Crippen molar-refractivity contribution in [2.45, 2.75) is 23.8 Å². The van der Waals surface area contributed by atoms with E-state index in [0.29, 0.717) is 12.6 Å². The van der Waals surface area contributed by atoms with Crippen LogP contribution in [0.2, 0.25) is 0 Å². The maximum atomic E-state index is 11.2. The van der Waals surface area contributed by atoms with Gasteiger partial charge in [0.25, 0.3) is 0 Å². The van der Waals surface area contributed by atoms with Crippen LogP contribution in [0.3, 0.4) is 0 Å². The molecule has 0 aliphatic carbocycles. The molecular weight excluding hydrogens is 278 g/mol. The van der Waals surface area contributed by atoms with Gasteiger partial charge in [-0.3, -0.25) is 0 Å². The number of hydrogen-bond donors (Lipinski definition) is 3. The molecule has 1 fully saturated rings. The van der Waals surface area contributed by atoms with Crippen LogP contribution < -0.4 is 15.4 Å². The average Bonchev–Trinajstić information content (AvgIpc) is 2.90. The van der Waals surface area contributed by atoms with Crippen molar-refractivity contribution < 1.29 is 13.5 Å². The fourth-order valence-corrected chi connectivity index (χ4v) is 2.99. The summed E-state index contributed by atoms with van der Waals surface area (Å²) in [6, 6.07) is 6.86. The van der Waals surface area contributed by atoms with Gasteiger partial charge in [-0.25, -0.2) is 13.6 Å². The molecule has 1 aromatic rings. The minimum absolute atomic E-state index is 0.0592. The summed E-state index contributed by atoms with van der Waals surface area (Å²) in [6.07, 6.45) is 2.29. The van der Waals surface area contributed by atoms with Crippen LogP contribution in [-0.4, -0.2) is 45.8 Å². The quantitative estimate of drug-likeness (QED) is 0.681. The topological polar surface area (TPSA) is 95.7 Å². The first kappa shape index (κ1) is 15.2. The Morgan fingerprint density at radius 3 is 2.55 bits per heavy atom. The first-order valence-electron chi connectivity index (χ1n) is 6.73. The Hall–Kier alpha value is -1.15. The number of nitrogens with one attached hydrogen (secondary N) is 1. The predicted octanol–water partition coefficient (Wildman–Crippen LogP) is -0.115. The first-order valence-corrected chi connectivity index (χ1v) is 8.27. The Balaban J connectivity index is 2.12. The summed E-state index contributed by atoms with van der Waals surface area (Å²) < 4.78 is 22.5. The summed E-state index contributed by atoms with van der Waals surface area (Å²) in [5.74, 6) is 0. The molecule has 20 heavy (non-hydrogen) atoms. The number of primary sulfonamides is 1. The van der Waals surface area contributed by atoms with Gasteiger partial charge in [-0.1, -0.05) is 0 Å². The second-order valence-electron chi connectivity index (χ2n) is 5.00. The molecule has 1 heterocycles. The van der Waals surface area contributed by atoms with Crippen LogP contribution in [0.25, 0.3) is 0 Å². The Morgan fingerprint density at radius 1 is 1.35 bits per heavy atom. The minimum Gasteiger partial charge on any atom is -0.395 e. The predicted molar refractivity (Wildman–Crippen MR) is 78.1 cm³/mol. The summed E-state index contributed by atoms with van der Waals surface area (Å²) in [7, 11) is -3.66. The number of aliphatic hydroxyl groups is 1. The molecule has 0 spiro atoms. The molecule has 0 aromatic heterocycles. The lowest BCUT2D eigenvalue weighted by atomic mass is 10.2. The summed E-state index contributed by atoms with van der Waals surface area (Å²) in [4.78, 5) is 2.15. The SMILES string of the molecule is NS(=O)(=O)c1ccc(N(CCO)CC2CCCN2)cc1. The van der Waals surface area contributed by atoms with E-state index in [1.54, 1.807) is 12.1 Å². The number of hydrogen-bond acceptors (Lipinski definition) is 5. The first-order chi connectivity index (χ1) is 9.50.